The van der Waals surface area contributed by atoms with E-state index in [1.807, 2.05) is 43.0 Å². The molecule has 46 heavy (non-hydrogen) atoms. The second-order valence-electron chi connectivity index (χ2n) is 12.5. The highest BCUT2D eigenvalue weighted by Gasteiger charge is 2.30. The van der Waals surface area contributed by atoms with E-state index in [2.05, 4.69) is 36.7 Å². The summed E-state index contributed by atoms with van der Waals surface area (Å²) >= 11 is 1.48. The molecule has 1 atom stereocenters. The topological polar surface area (TPSA) is 63.5 Å². The number of carbonyl (C=O) groups excluding carboxylic acids is 1. The zero-order valence-electron chi connectivity index (χ0n) is 26.3. The Labute approximate surface area is 270 Å². The van der Waals surface area contributed by atoms with E-state index in [0.29, 0.717) is 30.0 Å². The molecule has 2 aromatic carbocycles. The average molecular weight is 640 g/mol. The zero-order valence-corrected chi connectivity index (χ0v) is 27.1. The minimum Gasteiger partial charge on any atom is -0.490 e. The van der Waals surface area contributed by atoms with Crippen LogP contribution in [0.4, 0.5) is 8.78 Å². The number of nitrogens with zero attached hydrogens (tertiary/aromatic N) is 5. The average Bonchev–Trinajstić information content (AvgIpc) is 3.68. The first kappa shape index (κ1) is 30.3. The SMILES string of the molecule is C=CC(=O)N1Cc2cc(-c3nc(-c4ccc5c(c4)CCN(C)C5)c4ccsc4c3-c3c(F)cc(F)cc3OC(C)C)nn2[C@@H](C)C1. The van der Waals surface area contributed by atoms with E-state index in [9.17, 15) is 9.18 Å². The maximum absolute atomic E-state index is 16.1. The van der Waals surface area contributed by atoms with Crippen LogP contribution in [0.1, 0.15) is 43.6 Å². The van der Waals surface area contributed by atoms with Crippen molar-refractivity contribution in [2.75, 3.05) is 20.1 Å². The summed E-state index contributed by atoms with van der Waals surface area (Å²) in [4.78, 5) is 21.9. The van der Waals surface area contributed by atoms with E-state index >= 15 is 4.39 Å². The van der Waals surface area contributed by atoms with Crippen LogP contribution in [0.15, 0.2) is 60.5 Å². The Bertz CT molecular complexity index is 2020. The van der Waals surface area contributed by atoms with Gasteiger partial charge in [-0.25, -0.2) is 13.8 Å². The van der Waals surface area contributed by atoms with Crippen molar-refractivity contribution < 1.29 is 18.3 Å². The number of carbonyl (C=O) groups is 1. The number of halogens is 2. The second kappa shape index (κ2) is 11.7. The molecule has 2 aliphatic heterocycles. The maximum Gasteiger partial charge on any atom is 0.246 e. The summed E-state index contributed by atoms with van der Waals surface area (Å²) in [6, 6.07) is 12.4. The van der Waals surface area contributed by atoms with Crippen molar-refractivity contribution in [2.45, 2.75) is 52.4 Å². The molecule has 10 heteroatoms. The predicted molar refractivity (Wildman–Crippen MR) is 178 cm³/mol. The van der Waals surface area contributed by atoms with Gasteiger partial charge in [0.2, 0.25) is 5.91 Å². The molecule has 0 radical (unpaired) electrons. The fourth-order valence-corrected chi connectivity index (χ4v) is 7.59. The summed E-state index contributed by atoms with van der Waals surface area (Å²) in [5, 5.41) is 7.85. The van der Waals surface area contributed by atoms with Gasteiger partial charge in [0.1, 0.15) is 28.8 Å². The van der Waals surface area contributed by atoms with Crippen LogP contribution in [-0.2, 0) is 24.3 Å². The smallest absolute Gasteiger partial charge is 0.246 e. The molecule has 0 unspecified atom stereocenters. The predicted octanol–water partition coefficient (Wildman–Crippen LogP) is 7.64. The van der Waals surface area contributed by atoms with Gasteiger partial charge in [-0.1, -0.05) is 18.7 Å². The van der Waals surface area contributed by atoms with Crippen molar-refractivity contribution in [2.24, 2.45) is 0 Å². The lowest BCUT2D eigenvalue weighted by Gasteiger charge is -2.31. The Morgan fingerprint density at radius 2 is 1.91 bits per heavy atom. The summed E-state index contributed by atoms with van der Waals surface area (Å²) in [5.41, 5.74) is 6.83. The van der Waals surface area contributed by atoms with E-state index in [4.69, 9.17) is 14.8 Å². The lowest BCUT2D eigenvalue weighted by Crippen LogP contribution is -2.39. The lowest BCUT2D eigenvalue weighted by atomic mass is 9.93. The summed E-state index contributed by atoms with van der Waals surface area (Å²) in [5.74, 6) is -1.50. The molecule has 0 spiro atoms. The van der Waals surface area contributed by atoms with Crippen molar-refractivity contribution in [3.05, 3.63) is 89.0 Å². The lowest BCUT2D eigenvalue weighted by molar-refractivity contribution is -0.127. The van der Waals surface area contributed by atoms with Crippen LogP contribution in [0.2, 0.25) is 0 Å². The number of benzene rings is 2. The van der Waals surface area contributed by atoms with Gasteiger partial charge in [-0.3, -0.25) is 9.48 Å². The Morgan fingerprint density at radius 1 is 1.09 bits per heavy atom. The highest BCUT2D eigenvalue weighted by molar-refractivity contribution is 7.18. The molecule has 0 saturated heterocycles. The summed E-state index contributed by atoms with van der Waals surface area (Å²) in [7, 11) is 2.13. The van der Waals surface area contributed by atoms with Gasteiger partial charge in [0.15, 0.2) is 0 Å². The number of hydrogen-bond acceptors (Lipinski definition) is 6. The van der Waals surface area contributed by atoms with E-state index in [0.717, 1.165) is 52.6 Å². The Balaban J connectivity index is 1.50. The molecule has 0 N–H and O–H groups in total. The first-order chi connectivity index (χ1) is 22.1. The molecule has 0 saturated carbocycles. The van der Waals surface area contributed by atoms with Gasteiger partial charge in [-0.15, -0.1) is 11.3 Å². The summed E-state index contributed by atoms with van der Waals surface area (Å²) < 4.78 is 39.4. The van der Waals surface area contributed by atoms with Crippen LogP contribution in [0.5, 0.6) is 5.75 Å². The van der Waals surface area contributed by atoms with Crippen LogP contribution < -0.4 is 4.74 Å². The van der Waals surface area contributed by atoms with Crippen LogP contribution in [0.25, 0.3) is 43.9 Å². The third kappa shape index (κ3) is 5.29. The number of fused-ring (bicyclic) bond motifs is 3. The van der Waals surface area contributed by atoms with E-state index in [1.54, 1.807) is 4.90 Å². The molecule has 1 amide bonds. The Morgan fingerprint density at radius 3 is 2.70 bits per heavy atom. The molecule has 3 aromatic heterocycles. The molecule has 0 aliphatic carbocycles. The third-order valence-corrected chi connectivity index (χ3v) is 9.65. The second-order valence-corrected chi connectivity index (χ2v) is 13.4. The molecule has 5 heterocycles. The van der Waals surface area contributed by atoms with Gasteiger partial charge in [0, 0.05) is 53.0 Å². The molecule has 0 bridgehead atoms. The van der Waals surface area contributed by atoms with Gasteiger partial charge >= 0.3 is 0 Å². The highest BCUT2D eigenvalue weighted by Crippen LogP contribution is 2.47. The molecular weight excluding hydrogens is 604 g/mol. The number of likely N-dealkylation sites (N-methyl/N-ethyl adjacent to an activating group) is 1. The van der Waals surface area contributed by atoms with Crippen LogP contribution in [0, 0.1) is 11.6 Å². The number of hydrogen-bond donors (Lipinski definition) is 0. The largest absolute Gasteiger partial charge is 0.490 e. The van der Waals surface area contributed by atoms with Crippen molar-refractivity contribution >= 4 is 27.3 Å². The van der Waals surface area contributed by atoms with Crippen molar-refractivity contribution in [1.82, 2.24) is 24.6 Å². The Kier molecular flexibility index (Phi) is 7.73. The van der Waals surface area contributed by atoms with E-state index < -0.39 is 11.6 Å². The highest BCUT2D eigenvalue weighted by atomic mass is 32.1. The fraction of sp³-hybridized carbons (Fsp3) is 0.306. The van der Waals surface area contributed by atoms with Gasteiger partial charge < -0.3 is 14.5 Å². The van der Waals surface area contributed by atoms with E-state index in [-0.39, 0.29) is 29.4 Å². The maximum atomic E-state index is 16.1. The van der Waals surface area contributed by atoms with E-state index in [1.165, 1.54) is 34.6 Å². The van der Waals surface area contributed by atoms with Crippen LogP contribution >= 0.6 is 11.3 Å². The summed E-state index contributed by atoms with van der Waals surface area (Å²) in [6.45, 7) is 12.0. The molecule has 0 fully saturated rings. The molecule has 2 aliphatic rings. The van der Waals surface area contributed by atoms with Crippen molar-refractivity contribution in [1.29, 1.82) is 0 Å². The van der Waals surface area contributed by atoms with Crippen LogP contribution in [0.3, 0.4) is 0 Å². The first-order valence-electron chi connectivity index (χ1n) is 15.5. The quantitative estimate of drug-likeness (QED) is 0.179. The number of thiophene rings is 1. The van der Waals surface area contributed by atoms with Crippen molar-refractivity contribution in [3.63, 3.8) is 0 Å². The minimum absolute atomic E-state index is 0.101. The van der Waals surface area contributed by atoms with Gasteiger partial charge in [0.05, 0.1) is 35.6 Å². The third-order valence-electron chi connectivity index (χ3n) is 8.72. The number of aromatic nitrogens is 3. The minimum atomic E-state index is -0.737. The van der Waals surface area contributed by atoms with Crippen LogP contribution in [-0.4, -0.2) is 56.7 Å². The number of pyridine rings is 1. The number of amides is 1. The zero-order chi connectivity index (χ0) is 32.3. The van der Waals surface area contributed by atoms with Gasteiger partial charge in [-0.05, 0) is 75.0 Å². The first-order valence-corrected chi connectivity index (χ1v) is 16.4. The summed E-state index contributed by atoms with van der Waals surface area (Å²) in [6.07, 6.45) is 1.94. The molecule has 7 nitrogen and oxygen atoms in total. The molecule has 5 aromatic rings. The number of rotatable bonds is 6. The molecular formula is C36H35F2N5O2S. The molecule has 236 valence electrons. The van der Waals surface area contributed by atoms with Gasteiger partial charge in [0.25, 0.3) is 0 Å². The van der Waals surface area contributed by atoms with Gasteiger partial charge in [-0.2, -0.15) is 5.10 Å². The fourth-order valence-electron chi connectivity index (χ4n) is 6.64. The van der Waals surface area contributed by atoms with Crippen molar-refractivity contribution in [3.8, 4) is 39.5 Å². The molecule has 7 rings (SSSR count). The number of ether oxygens (including phenoxy) is 1. The standard InChI is InChI=1S/C36H35F2N5O2S/c1-6-31(44)42-17-21(4)43-26(19-42)16-29(40-43)35-33(32-28(38)14-25(37)15-30(32)45-20(2)3)36-27(10-12-46-36)34(39-35)23-7-8-24-18-41(5)11-9-22(24)13-23/h6-8,10,12-16,20-21H,1,9,11,17-19H2,2-5H3/t21-/m0/s1. The Hall–Kier alpha value is -4.41. The monoisotopic (exact) mass is 639 g/mol. The normalized spacial score (nSPS) is 16.5.